The van der Waals surface area contributed by atoms with Crippen LogP contribution in [0.25, 0.3) is 0 Å². The molecule has 5 heteroatoms. The Morgan fingerprint density at radius 2 is 2.05 bits per heavy atom. The summed E-state index contributed by atoms with van der Waals surface area (Å²) in [7, 11) is 1.87. The number of likely N-dealkylation sites (N-methyl/N-ethyl adjacent to an activating group) is 1. The second kappa shape index (κ2) is 7.62. The largest absolute Gasteiger partial charge is 0.379 e. The van der Waals surface area contributed by atoms with Crippen molar-refractivity contribution in [3.63, 3.8) is 0 Å². The SMILES string of the molecule is CN(CCOCC1CC1)C(=O)C1CCCCC1(C)N.Cl. The standard InChI is InChI=1S/C15H28N2O2.ClH/c1-15(16)8-4-3-5-13(15)14(18)17(2)9-10-19-11-12-6-7-12;/h12-13H,3-11,16H2,1-2H3;1H. The Labute approximate surface area is 128 Å². The topological polar surface area (TPSA) is 55.6 Å². The van der Waals surface area contributed by atoms with Gasteiger partial charge in [0.1, 0.15) is 0 Å². The summed E-state index contributed by atoms with van der Waals surface area (Å²) >= 11 is 0. The molecule has 4 nitrogen and oxygen atoms in total. The number of rotatable bonds is 6. The zero-order chi connectivity index (χ0) is 13.9. The van der Waals surface area contributed by atoms with Gasteiger partial charge in [-0.05, 0) is 38.5 Å². The van der Waals surface area contributed by atoms with E-state index in [9.17, 15) is 4.79 Å². The lowest BCUT2D eigenvalue weighted by Crippen LogP contribution is -2.53. The van der Waals surface area contributed by atoms with Crippen molar-refractivity contribution in [2.45, 2.75) is 51.0 Å². The van der Waals surface area contributed by atoms with Gasteiger partial charge in [-0.2, -0.15) is 0 Å². The quantitative estimate of drug-likeness (QED) is 0.765. The molecule has 0 bridgehead atoms. The van der Waals surface area contributed by atoms with Gasteiger partial charge in [-0.15, -0.1) is 12.4 Å². The van der Waals surface area contributed by atoms with E-state index in [1.54, 1.807) is 4.90 Å². The number of carbonyl (C=O) groups excluding carboxylic acids is 1. The molecule has 0 spiro atoms. The smallest absolute Gasteiger partial charge is 0.227 e. The molecule has 118 valence electrons. The Hall–Kier alpha value is -0.320. The molecule has 2 fully saturated rings. The second-order valence-electron chi connectivity index (χ2n) is 6.58. The average molecular weight is 305 g/mol. The minimum atomic E-state index is -0.335. The van der Waals surface area contributed by atoms with Gasteiger partial charge in [0.2, 0.25) is 5.91 Å². The molecule has 0 aromatic rings. The third-order valence-electron chi connectivity index (χ3n) is 4.55. The fraction of sp³-hybridized carbons (Fsp3) is 0.933. The highest BCUT2D eigenvalue weighted by Crippen LogP contribution is 2.32. The van der Waals surface area contributed by atoms with E-state index in [4.69, 9.17) is 10.5 Å². The van der Waals surface area contributed by atoms with Gasteiger partial charge in [0.05, 0.1) is 12.5 Å². The molecule has 0 aliphatic heterocycles. The maximum Gasteiger partial charge on any atom is 0.227 e. The number of carbonyl (C=O) groups is 1. The molecule has 20 heavy (non-hydrogen) atoms. The van der Waals surface area contributed by atoms with E-state index >= 15 is 0 Å². The van der Waals surface area contributed by atoms with E-state index in [0.29, 0.717) is 13.2 Å². The van der Waals surface area contributed by atoms with Gasteiger partial charge in [0.15, 0.2) is 0 Å². The predicted octanol–water partition coefficient (Wildman–Crippen LogP) is 2.20. The van der Waals surface area contributed by atoms with Crippen LogP contribution >= 0.6 is 12.4 Å². The van der Waals surface area contributed by atoms with Crippen molar-refractivity contribution in [1.29, 1.82) is 0 Å². The Balaban J connectivity index is 0.00000200. The van der Waals surface area contributed by atoms with Crippen LogP contribution in [0.4, 0.5) is 0 Å². The van der Waals surface area contributed by atoms with Crippen molar-refractivity contribution in [3.05, 3.63) is 0 Å². The first-order chi connectivity index (χ1) is 9.00. The highest BCUT2D eigenvalue weighted by Gasteiger charge is 2.38. The van der Waals surface area contributed by atoms with E-state index < -0.39 is 0 Å². The molecule has 0 aromatic carbocycles. The first-order valence-corrected chi connectivity index (χ1v) is 7.62. The number of hydrogen-bond acceptors (Lipinski definition) is 3. The maximum atomic E-state index is 12.4. The summed E-state index contributed by atoms with van der Waals surface area (Å²) in [4.78, 5) is 14.2. The molecular formula is C15H29ClN2O2. The van der Waals surface area contributed by atoms with Gasteiger partial charge in [-0.3, -0.25) is 4.79 Å². The molecule has 2 rings (SSSR count). The van der Waals surface area contributed by atoms with E-state index in [1.165, 1.54) is 12.8 Å². The van der Waals surface area contributed by atoms with Crippen molar-refractivity contribution >= 4 is 18.3 Å². The molecule has 2 aliphatic carbocycles. The molecule has 0 radical (unpaired) electrons. The summed E-state index contributed by atoms with van der Waals surface area (Å²) in [5.41, 5.74) is 5.95. The van der Waals surface area contributed by atoms with Crippen LogP contribution in [0.15, 0.2) is 0 Å². The van der Waals surface area contributed by atoms with Crippen LogP contribution < -0.4 is 5.73 Å². The molecule has 2 aliphatic rings. The summed E-state index contributed by atoms with van der Waals surface area (Å²) in [5, 5.41) is 0. The number of nitrogens with zero attached hydrogens (tertiary/aromatic N) is 1. The van der Waals surface area contributed by atoms with Crippen LogP contribution in [0.5, 0.6) is 0 Å². The van der Waals surface area contributed by atoms with E-state index in [0.717, 1.165) is 38.2 Å². The van der Waals surface area contributed by atoms with Crippen LogP contribution in [0.3, 0.4) is 0 Å². The minimum absolute atomic E-state index is 0. The number of amides is 1. The molecule has 2 atom stereocenters. The van der Waals surface area contributed by atoms with Crippen LogP contribution in [-0.2, 0) is 9.53 Å². The van der Waals surface area contributed by atoms with Gasteiger partial charge in [-0.25, -0.2) is 0 Å². The van der Waals surface area contributed by atoms with Crippen molar-refractivity contribution in [1.82, 2.24) is 4.90 Å². The lowest BCUT2D eigenvalue weighted by Gasteiger charge is -2.39. The summed E-state index contributed by atoms with van der Waals surface area (Å²) in [5.74, 6) is 0.959. The van der Waals surface area contributed by atoms with Crippen molar-refractivity contribution in [3.8, 4) is 0 Å². The Bertz CT molecular complexity index is 319. The van der Waals surface area contributed by atoms with E-state index in [1.807, 2.05) is 14.0 Å². The van der Waals surface area contributed by atoms with Gasteiger partial charge < -0.3 is 15.4 Å². The Kier molecular flexibility index (Phi) is 6.76. The van der Waals surface area contributed by atoms with Crippen LogP contribution in [0.2, 0.25) is 0 Å². The third kappa shape index (κ3) is 4.90. The first-order valence-electron chi connectivity index (χ1n) is 7.62. The number of hydrogen-bond donors (Lipinski definition) is 1. The second-order valence-corrected chi connectivity index (χ2v) is 6.58. The summed E-state index contributed by atoms with van der Waals surface area (Å²) < 4.78 is 5.59. The molecule has 1 amide bonds. The molecule has 2 N–H and O–H groups in total. The zero-order valence-electron chi connectivity index (χ0n) is 12.8. The predicted molar refractivity (Wildman–Crippen MR) is 83.0 cm³/mol. The fourth-order valence-corrected chi connectivity index (χ4v) is 2.88. The third-order valence-corrected chi connectivity index (χ3v) is 4.55. The normalized spacial score (nSPS) is 29.6. The summed E-state index contributed by atoms with van der Waals surface area (Å²) in [6.07, 6.45) is 6.76. The molecule has 0 heterocycles. The van der Waals surface area contributed by atoms with Crippen LogP contribution in [0, 0.1) is 11.8 Å². The number of halogens is 1. The van der Waals surface area contributed by atoms with Crippen molar-refractivity contribution < 1.29 is 9.53 Å². The highest BCUT2D eigenvalue weighted by molar-refractivity contribution is 5.85. The lowest BCUT2D eigenvalue weighted by molar-refractivity contribution is -0.138. The minimum Gasteiger partial charge on any atom is -0.379 e. The average Bonchev–Trinajstić information content (AvgIpc) is 3.17. The number of ether oxygens (including phenoxy) is 1. The lowest BCUT2D eigenvalue weighted by atomic mass is 9.74. The molecular weight excluding hydrogens is 276 g/mol. The van der Waals surface area contributed by atoms with Gasteiger partial charge in [-0.1, -0.05) is 12.8 Å². The summed E-state index contributed by atoms with van der Waals surface area (Å²) in [6, 6.07) is 0. The molecule has 0 saturated heterocycles. The van der Waals surface area contributed by atoms with Crippen LogP contribution in [0.1, 0.15) is 45.4 Å². The monoisotopic (exact) mass is 304 g/mol. The van der Waals surface area contributed by atoms with E-state index in [2.05, 4.69) is 0 Å². The molecule has 2 unspecified atom stereocenters. The fourth-order valence-electron chi connectivity index (χ4n) is 2.88. The highest BCUT2D eigenvalue weighted by atomic mass is 35.5. The van der Waals surface area contributed by atoms with Gasteiger partial charge >= 0.3 is 0 Å². The van der Waals surface area contributed by atoms with Crippen molar-refractivity contribution in [2.75, 3.05) is 26.8 Å². The maximum absolute atomic E-state index is 12.4. The molecule has 0 aromatic heterocycles. The Morgan fingerprint density at radius 1 is 1.35 bits per heavy atom. The summed E-state index contributed by atoms with van der Waals surface area (Å²) in [6.45, 7) is 4.21. The Morgan fingerprint density at radius 3 is 2.65 bits per heavy atom. The number of nitrogens with two attached hydrogens (primary N) is 1. The van der Waals surface area contributed by atoms with Crippen molar-refractivity contribution in [2.24, 2.45) is 17.6 Å². The van der Waals surface area contributed by atoms with E-state index in [-0.39, 0.29) is 29.8 Å². The van der Waals surface area contributed by atoms with Gasteiger partial charge in [0, 0.05) is 25.7 Å². The van der Waals surface area contributed by atoms with Crippen LogP contribution in [-0.4, -0.2) is 43.2 Å². The van der Waals surface area contributed by atoms with Gasteiger partial charge in [0.25, 0.3) is 0 Å². The first kappa shape index (κ1) is 17.7. The zero-order valence-corrected chi connectivity index (χ0v) is 13.6. The molecule has 2 saturated carbocycles.